The van der Waals surface area contributed by atoms with Crippen molar-refractivity contribution >= 4 is 11.3 Å². The third-order valence-electron chi connectivity index (χ3n) is 1.76. The summed E-state index contributed by atoms with van der Waals surface area (Å²) in [6.45, 7) is -0.868. The molecule has 0 fully saturated rings. The van der Waals surface area contributed by atoms with Gasteiger partial charge in [0.1, 0.15) is 0 Å². The van der Waals surface area contributed by atoms with Crippen molar-refractivity contribution in [1.82, 2.24) is 0 Å². The molecule has 74 valence electrons. The highest BCUT2D eigenvalue weighted by Gasteiger charge is 2.54. The van der Waals surface area contributed by atoms with Gasteiger partial charge in [-0.1, -0.05) is 0 Å². The maximum Gasteiger partial charge on any atom is 0.422 e. The Kier molecular flexibility index (Phi) is 2.65. The number of rotatable bonds is 2. The van der Waals surface area contributed by atoms with Crippen LogP contribution in [0.5, 0.6) is 0 Å². The van der Waals surface area contributed by atoms with Gasteiger partial charge in [0.05, 0.1) is 0 Å². The fourth-order valence-corrected chi connectivity index (χ4v) is 1.62. The number of hydrogen-bond acceptors (Lipinski definition) is 3. The number of hydrogen-bond donors (Lipinski definition) is 2. The standard InChI is InChI=1S/C7H8F3NOS/c8-7(9,10)6(12,4-11)5-1-2-13-3-5/h1-3,12H,4,11H2. The zero-order valence-electron chi connectivity index (χ0n) is 6.51. The fourth-order valence-electron chi connectivity index (χ4n) is 0.897. The van der Waals surface area contributed by atoms with Gasteiger partial charge in [-0.2, -0.15) is 24.5 Å². The predicted molar refractivity (Wildman–Crippen MR) is 43.3 cm³/mol. The molecule has 3 N–H and O–H groups in total. The zero-order valence-corrected chi connectivity index (χ0v) is 7.32. The molecular formula is C7H8F3NOS. The Hall–Kier alpha value is -0.590. The minimum absolute atomic E-state index is 0.201. The first kappa shape index (κ1) is 10.5. The lowest BCUT2D eigenvalue weighted by molar-refractivity contribution is -0.262. The largest absolute Gasteiger partial charge is 0.422 e. The van der Waals surface area contributed by atoms with Gasteiger partial charge in [-0.15, -0.1) is 0 Å². The minimum atomic E-state index is -4.73. The van der Waals surface area contributed by atoms with Gasteiger partial charge in [-0.25, -0.2) is 0 Å². The van der Waals surface area contributed by atoms with E-state index in [1.807, 2.05) is 0 Å². The van der Waals surface area contributed by atoms with Crippen LogP contribution < -0.4 is 5.73 Å². The van der Waals surface area contributed by atoms with Gasteiger partial charge in [0.15, 0.2) is 5.60 Å². The molecule has 0 aliphatic heterocycles. The van der Waals surface area contributed by atoms with Gasteiger partial charge >= 0.3 is 6.18 Å². The van der Waals surface area contributed by atoms with Crippen molar-refractivity contribution in [3.63, 3.8) is 0 Å². The molecule has 1 aromatic heterocycles. The second-order valence-corrected chi connectivity index (χ2v) is 3.35. The normalized spacial score (nSPS) is 17.0. The highest BCUT2D eigenvalue weighted by Crippen LogP contribution is 2.38. The lowest BCUT2D eigenvalue weighted by atomic mass is 9.96. The topological polar surface area (TPSA) is 46.2 Å². The average Bonchev–Trinajstić information content (AvgIpc) is 2.52. The Morgan fingerprint density at radius 3 is 2.38 bits per heavy atom. The number of alkyl halides is 3. The number of halogens is 3. The van der Waals surface area contributed by atoms with Gasteiger partial charge in [-0.3, -0.25) is 0 Å². The van der Waals surface area contributed by atoms with Gasteiger partial charge in [0, 0.05) is 12.1 Å². The van der Waals surface area contributed by atoms with Crippen LogP contribution in [0.1, 0.15) is 5.56 Å². The van der Waals surface area contributed by atoms with Gasteiger partial charge in [-0.05, 0) is 16.8 Å². The van der Waals surface area contributed by atoms with Crippen LogP contribution in [0.2, 0.25) is 0 Å². The summed E-state index contributed by atoms with van der Waals surface area (Å²) in [7, 11) is 0. The van der Waals surface area contributed by atoms with E-state index in [1.165, 1.54) is 16.8 Å². The van der Waals surface area contributed by atoms with E-state index in [4.69, 9.17) is 5.73 Å². The molecule has 1 aromatic rings. The molecule has 0 bridgehead atoms. The summed E-state index contributed by atoms with van der Waals surface area (Å²) in [5, 5.41) is 12.0. The molecule has 0 aliphatic rings. The molecule has 0 amide bonds. The highest BCUT2D eigenvalue weighted by atomic mass is 32.1. The first-order valence-corrected chi connectivity index (χ1v) is 4.38. The molecular weight excluding hydrogens is 203 g/mol. The Labute approximate surface area is 76.8 Å². The number of thiophene rings is 1. The fraction of sp³-hybridized carbons (Fsp3) is 0.429. The highest BCUT2D eigenvalue weighted by molar-refractivity contribution is 7.08. The van der Waals surface area contributed by atoms with E-state index in [0.717, 1.165) is 11.3 Å². The van der Waals surface area contributed by atoms with E-state index in [1.54, 1.807) is 0 Å². The Morgan fingerprint density at radius 2 is 2.08 bits per heavy atom. The van der Waals surface area contributed by atoms with Crippen molar-refractivity contribution < 1.29 is 18.3 Å². The average molecular weight is 211 g/mol. The van der Waals surface area contributed by atoms with Gasteiger partial charge < -0.3 is 10.8 Å². The van der Waals surface area contributed by atoms with E-state index >= 15 is 0 Å². The van der Waals surface area contributed by atoms with Crippen molar-refractivity contribution in [2.45, 2.75) is 11.8 Å². The Bertz CT molecular complexity index is 272. The maximum absolute atomic E-state index is 12.3. The Balaban J connectivity index is 3.09. The first-order valence-electron chi connectivity index (χ1n) is 3.43. The van der Waals surface area contributed by atoms with E-state index in [-0.39, 0.29) is 5.56 Å². The van der Waals surface area contributed by atoms with Crippen molar-refractivity contribution in [3.05, 3.63) is 22.4 Å². The van der Waals surface area contributed by atoms with Crippen LogP contribution in [-0.4, -0.2) is 17.8 Å². The second kappa shape index (κ2) is 3.28. The van der Waals surface area contributed by atoms with Crippen LogP contribution in [-0.2, 0) is 5.60 Å². The summed E-state index contributed by atoms with van der Waals surface area (Å²) in [6.07, 6.45) is -4.73. The molecule has 2 nitrogen and oxygen atoms in total. The van der Waals surface area contributed by atoms with Crippen LogP contribution in [0.3, 0.4) is 0 Å². The van der Waals surface area contributed by atoms with E-state index in [9.17, 15) is 18.3 Å². The molecule has 1 atom stereocenters. The van der Waals surface area contributed by atoms with Crippen LogP contribution >= 0.6 is 11.3 Å². The molecule has 1 heterocycles. The molecule has 13 heavy (non-hydrogen) atoms. The SMILES string of the molecule is NCC(O)(c1ccsc1)C(F)(F)F. The predicted octanol–water partition coefficient (Wildman–Crippen LogP) is 1.46. The number of aliphatic hydroxyl groups is 1. The second-order valence-electron chi connectivity index (χ2n) is 2.57. The van der Waals surface area contributed by atoms with Gasteiger partial charge in [0.25, 0.3) is 0 Å². The summed E-state index contributed by atoms with van der Waals surface area (Å²) in [6, 6.07) is 1.21. The van der Waals surface area contributed by atoms with Crippen molar-refractivity contribution in [1.29, 1.82) is 0 Å². The molecule has 0 spiro atoms. The molecule has 0 aliphatic carbocycles. The van der Waals surface area contributed by atoms with Crippen LogP contribution in [0.25, 0.3) is 0 Å². The minimum Gasteiger partial charge on any atom is -0.375 e. The summed E-state index contributed by atoms with van der Waals surface area (Å²) < 4.78 is 37.0. The van der Waals surface area contributed by atoms with Crippen molar-refractivity contribution in [2.24, 2.45) is 5.73 Å². The van der Waals surface area contributed by atoms with E-state index in [0.29, 0.717) is 0 Å². The monoisotopic (exact) mass is 211 g/mol. The van der Waals surface area contributed by atoms with Crippen molar-refractivity contribution in [2.75, 3.05) is 6.54 Å². The zero-order chi connectivity index (χ0) is 10.1. The lowest BCUT2D eigenvalue weighted by Gasteiger charge is -2.28. The summed E-state index contributed by atoms with van der Waals surface area (Å²) >= 11 is 1.08. The van der Waals surface area contributed by atoms with E-state index < -0.39 is 18.3 Å². The molecule has 0 radical (unpaired) electrons. The molecule has 1 rings (SSSR count). The molecule has 0 saturated heterocycles. The van der Waals surface area contributed by atoms with Crippen LogP contribution in [0, 0.1) is 0 Å². The maximum atomic E-state index is 12.3. The lowest BCUT2D eigenvalue weighted by Crippen LogP contribution is -2.48. The third-order valence-corrected chi connectivity index (χ3v) is 2.45. The quantitative estimate of drug-likeness (QED) is 0.777. The molecule has 0 saturated carbocycles. The third kappa shape index (κ3) is 1.70. The smallest absolute Gasteiger partial charge is 0.375 e. The molecule has 6 heteroatoms. The number of nitrogens with two attached hydrogens (primary N) is 1. The van der Waals surface area contributed by atoms with Crippen LogP contribution in [0.4, 0.5) is 13.2 Å². The Morgan fingerprint density at radius 1 is 1.46 bits per heavy atom. The first-order chi connectivity index (χ1) is 5.92. The van der Waals surface area contributed by atoms with Crippen LogP contribution in [0.15, 0.2) is 16.8 Å². The molecule has 1 unspecified atom stereocenters. The summed E-state index contributed by atoms with van der Waals surface area (Å²) in [5.74, 6) is 0. The molecule has 0 aromatic carbocycles. The summed E-state index contributed by atoms with van der Waals surface area (Å²) in [4.78, 5) is 0. The van der Waals surface area contributed by atoms with Gasteiger partial charge in [0.2, 0.25) is 0 Å². The van der Waals surface area contributed by atoms with Crippen molar-refractivity contribution in [3.8, 4) is 0 Å². The summed E-state index contributed by atoms with van der Waals surface area (Å²) in [5.41, 5.74) is 1.81. The van der Waals surface area contributed by atoms with E-state index in [2.05, 4.69) is 0 Å².